The molecule has 32 heavy (non-hydrogen) atoms. The van der Waals surface area contributed by atoms with Gasteiger partial charge in [-0.15, -0.1) is 0 Å². The normalized spacial score (nSPS) is 14.7. The van der Waals surface area contributed by atoms with E-state index < -0.39 is 0 Å². The third-order valence-corrected chi connectivity index (χ3v) is 5.47. The van der Waals surface area contributed by atoms with Crippen molar-refractivity contribution in [2.45, 2.75) is 0 Å². The van der Waals surface area contributed by atoms with Crippen molar-refractivity contribution in [1.82, 2.24) is 0 Å². The lowest BCUT2D eigenvalue weighted by molar-refractivity contribution is 0.412. The van der Waals surface area contributed by atoms with E-state index in [1.54, 1.807) is 14.2 Å². The summed E-state index contributed by atoms with van der Waals surface area (Å²) >= 11 is 0. The Balaban J connectivity index is 1.87. The van der Waals surface area contributed by atoms with Gasteiger partial charge in [0.05, 0.1) is 48.1 Å². The van der Waals surface area contributed by atoms with Crippen LogP contribution in [-0.2, 0) is 0 Å². The van der Waals surface area contributed by atoms with Crippen LogP contribution in [0.5, 0.6) is 11.5 Å². The summed E-state index contributed by atoms with van der Waals surface area (Å²) in [6.07, 6.45) is 0. The van der Waals surface area contributed by atoms with E-state index in [-0.39, 0.29) is 0 Å². The van der Waals surface area contributed by atoms with E-state index in [2.05, 4.69) is 12.1 Å². The number of rotatable bonds is 4. The van der Waals surface area contributed by atoms with E-state index in [0.29, 0.717) is 0 Å². The molecule has 0 aliphatic heterocycles. The van der Waals surface area contributed by atoms with Crippen molar-refractivity contribution >= 4 is 22.8 Å². The van der Waals surface area contributed by atoms with Crippen LogP contribution in [-0.4, -0.2) is 25.6 Å². The lowest BCUT2D eigenvalue weighted by Crippen LogP contribution is -2.23. The number of methoxy groups -OCH3 is 2. The van der Waals surface area contributed by atoms with Crippen molar-refractivity contribution in [2.75, 3.05) is 14.2 Å². The Hall–Kier alpha value is -4.18. The van der Waals surface area contributed by atoms with Crippen LogP contribution in [0.2, 0.25) is 0 Å². The average Bonchev–Trinajstić information content (AvgIpc) is 2.86. The largest absolute Gasteiger partial charge is 0.496 e. The summed E-state index contributed by atoms with van der Waals surface area (Å²) in [6.45, 7) is 0. The molecule has 0 saturated heterocycles. The summed E-state index contributed by atoms with van der Waals surface area (Å²) in [5, 5.41) is 0. The molecule has 5 rings (SSSR count). The second kappa shape index (κ2) is 8.52. The topological polar surface area (TPSA) is 43.2 Å². The van der Waals surface area contributed by atoms with Crippen LogP contribution in [0.3, 0.4) is 0 Å². The summed E-state index contributed by atoms with van der Waals surface area (Å²) in [7, 11) is 3.37. The van der Waals surface area contributed by atoms with E-state index >= 15 is 0 Å². The summed E-state index contributed by atoms with van der Waals surface area (Å²) in [6, 6.07) is 31.9. The van der Waals surface area contributed by atoms with Crippen molar-refractivity contribution < 1.29 is 9.47 Å². The van der Waals surface area contributed by atoms with Crippen molar-refractivity contribution in [3.05, 3.63) is 119 Å². The fourth-order valence-corrected chi connectivity index (χ4v) is 4.05. The first-order valence-electron chi connectivity index (χ1n) is 10.4. The van der Waals surface area contributed by atoms with Crippen LogP contribution < -0.4 is 9.47 Å². The molecule has 0 amide bonds. The monoisotopic (exact) mass is 418 g/mol. The van der Waals surface area contributed by atoms with Crippen LogP contribution >= 0.6 is 0 Å². The molecule has 0 heterocycles. The Bertz CT molecular complexity index is 1220. The fraction of sp³-hybridized carbons (Fsp3) is 0.0714. The highest BCUT2D eigenvalue weighted by Gasteiger charge is 2.32. The summed E-state index contributed by atoms with van der Waals surface area (Å²) in [4.78, 5) is 10.1. The van der Waals surface area contributed by atoms with Gasteiger partial charge in [-0.25, -0.2) is 9.98 Å². The molecule has 0 atom stereocenters. The third-order valence-electron chi connectivity index (χ3n) is 5.47. The first-order valence-corrected chi connectivity index (χ1v) is 10.4. The molecule has 0 N–H and O–H groups in total. The molecule has 0 radical (unpaired) electrons. The minimum Gasteiger partial charge on any atom is -0.496 e. The molecule has 0 unspecified atom stereocenters. The van der Waals surface area contributed by atoms with Gasteiger partial charge in [0, 0.05) is 11.1 Å². The summed E-state index contributed by atoms with van der Waals surface area (Å²) in [5.74, 6) is 1.51. The Morgan fingerprint density at radius 3 is 1.25 bits per heavy atom. The maximum atomic E-state index is 5.78. The minimum absolute atomic E-state index is 0.756. The molecular formula is C28H22N2O2. The molecular weight excluding hydrogens is 396 g/mol. The molecule has 0 bridgehead atoms. The van der Waals surface area contributed by atoms with Crippen LogP contribution in [0.1, 0.15) is 22.3 Å². The van der Waals surface area contributed by atoms with Gasteiger partial charge >= 0.3 is 0 Å². The highest BCUT2D eigenvalue weighted by molar-refractivity contribution is 6.34. The van der Waals surface area contributed by atoms with Crippen molar-refractivity contribution in [1.29, 1.82) is 0 Å². The molecule has 4 aromatic carbocycles. The number of para-hydroxylation sites is 2. The average molecular weight is 418 g/mol. The Morgan fingerprint density at radius 1 is 0.469 bits per heavy atom. The SMILES string of the molecule is COc1cccc2c1C(=Nc1ccccc1)c1cccc(OC)c1C2=Nc1ccccc1. The molecule has 1 aliphatic carbocycles. The number of hydrogen-bond acceptors (Lipinski definition) is 4. The Labute approximate surface area is 187 Å². The quantitative estimate of drug-likeness (QED) is 0.341. The first-order chi connectivity index (χ1) is 15.8. The van der Waals surface area contributed by atoms with Crippen molar-refractivity contribution in [3.8, 4) is 11.5 Å². The second-order valence-corrected chi connectivity index (χ2v) is 7.36. The van der Waals surface area contributed by atoms with Crippen LogP contribution in [0, 0.1) is 0 Å². The maximum absolute atomic E-state index is 5.78. The van der Waals surface area contributed by atoms with Crippen molar-refractivity contribution in [2.24, 2.45) is 9.98 Å². The molecule has 4 nitrogen and oxygen atoms in total. The number of fused-ring (bicyclic) bond motifs is 2. The zero-order valence-corrected chi connectivity index (χ0v) is 17.9. The van der Waals surface area contributed by atoms with Crippen LogP contribution in [0.25, 0.3) is 0 Å². The summed E-state index contributed by atoms with van der Waals surface area (Å²) < 4.78 is 11.6. The molecule has 0 fully saturated rings. The minimum atomic E-state index is 0.756. The van der Waals surface area contributed by atoms with E-state index in [1.807, 2.05) is 84.9 Å². The standard InChI is InChI=1S/C28H22N2O2/c1-31-23-17-9-15-21-25(23)27(29-19-11-5-3-6-12-19)22-16-10-18-24(32-2)26(22)28(21)30-20-13-7-4-8-14-20/h3-18H,1-2H3. The number of ether oxygens (including phenoxy) is 2. The summed E-state index contributed by atoms with van der Waals surface area (Å²) in [5.41, 5.74) is 7.19. The van der Waals surface area contributed by atoms with Gasteiger partial charge in [-0.1, -0.05) is 60.7 Å². The molecule has 0 spiro atoms. The smallest absolute Gasteiger partial charge is 0.128 e. The second-order valence-electron chi connectivity index (χ2n) is 7.36. The van der Waals surface area contributed by atoms with Gasteiger partial charge in [0.15, 0.2) is 0 Å². The Kier molecular flexibility index (Phi) is 5.26. The van der Waals surface area contributed by atoms with Gasteiger partial charge in [-0.3, -0.25) is 0 Å². The van der Waals surface area contributed by atoms with E-state index in [4.69, 9.17) is 19.5 Å². The zero-order chi connectivity index (χ0) is 21.9. The van der Waals surface area contributed by atoms with Gasteiger partial charge in [0.1, 0.15) is 11.5 Å². The fourth-order valence-electron chi connectivity index (χ4n) is 4.05. The number of nitrogens with zero attached hydrogens (tertiary/aromatic N) is 2. The third kappa shape index (κ3) is 3.46. The highest BCUT2D eigenvalue weighted by Crippen LogP contribution is 2.39. The highest BCUT2D eigenvalue weighted by atomic mass is 16.5. The van der Waals surface area contributed by atoms with Crippen molar-refractivity contribution in [3.63, 3.8) is 0 Å². The molecule has 0 aromatic heterocycles. The number of aliphatic imine (C=N–C) groups is 2. The van der Waals surface area contributed by atoms with E-state index in [0.717, 1.165) is 56.6 Å². The predicted octanol–water partition coefficient (Wildman–Crippen LogP) is 6.36. The molecule has 4 aromatic rings. The maximum Gasteiger partial charge on any atom is 0.128 e. The van der Waals surface area contributed by atoms with Gasteiger partial charge < -0.3 is 9.47 Å². The van der Waals surface area contributed by atoms with Gasteiger partial charge in [0.2, 0.25) is 0 Å². The number of benzene rings is 4. The number of hydrogen-bond donors (Lipinski definition) is 0. The molecule has 0 saturated carbocycles. The predicted molar refractivity (Wildman–Crippen MR) is 129 cm³/mol. The van der Waals surface area contributed by atoms with Gasteiger partial charge in [-0.05, 0) is 36.4 Å². The van der Waals surface area contributed by atoms with E-state index in [1.165, 1.54) is 0 Å². The van der Waals surface area contributed by atoms with E-state index in [9.17, 15) is 0 Å². The lowest BCUT2D eigenvalue weighted by Gasteiger charge is -2.26. The van der Waals surface area contributed by atoms with Crippen LogP contribution in [0.15, 0.2) is 107 Å². The van der Waals surface area contributed by atoms with Gasteiger partial charge in [0.25, 0.3) is 0 Å². The molecule has 156 valence electrons. The zero-order valence-electron chi connectivity index (χ0n) is 17.9. The molecule has 4 heteroatoms. The van der Waals surface area contributed by atoms with Gasteiger partial charge in [-0.2, -0.15) is 0 Å². The lowest BCUT2D eigenvalue weighted by atomic mass is 9.81. The molecule has 1 aliphatic rings. The first kappa shape index (κ1) is 19.8. The van der Waals surface area contributed by atoms with Crippen LogP contribution in [0.4, 0.5) is 11.4 Å². The Morgan fingerprint density at radius 2 is 0.875 bits per heavy atom.